The highest BCUT2D eigenvalue weighted by Crippen LogP contribution is 2.19. The van der Waals surface area contributed by atoms with Crippen molar-refractivity contribution in [1.82, 2.24) is 15.3 Å². The number of hydrogen-bond donors (Lipinski definition) is 1. The molecule has 9 heteroatoms. The van der Waals surface area contributed by atoms with E-state index < -0.39 is 12.8 Å². The highest BCUT2D eigenvalue weighted by molar-refractivity contribution is 5.94. The number of ketones is 1. The van der Waals surface area contributed by atoms with Gasteiger partial charge in [-0.15, -0.1) is 0 Å². The number of carbonyl (C=O) groups is 2. The van der Waals surface area contributed by atoms with Gasteiger partial charge in [-0.3, -0.25) is 14.6 Å². The van der Waals surface area contributed by atoms with Crippen LogP contribution in [0.3, 0.4) is 0 Å². The van der Waals surface area contributed by atoms with E-state index in [1.54, 1.807) is 26.0 Å². The zero-order valence-electron chi connectivity index (χ0n) is 15.7. The molecule has 0 fully saturated rings. The number of carbonyl (C=O) groups excluding carboxylic acids is 2. The smallest absolute Gasteiger partial charge is 0.422 e. The second-order valence-corrected chi connectivity index (χ2v) is 6.40. The summed E-state index contributed by atoms with van der Waals surface area (Å²) in [6, 6.07) is 4.55. The summed E-state index contributed by atoms with van der Waals surface area (Å²) in [7, 11) is 0. The van der Waals surface area contributed by atoms with Crippen molar-refractivity contribution in [1.29, 1.82) is 0 Å². The summed E-state index contributed by atoms with van der Waals surface area (Å²) in [6.45, 7) is 3.58. The molecule has 1 N–H and O–H groups in total. The maximum atomic E-state index is 12.4. The number of aromatic nitrogens is 2. The Morgan fingerprint density at radius 1 is 1.18 bits per heavy atom. The lowest BCUT2D eigenvalue weighted by Crippen LogP contribution is -2.24. The molecule has 0 aromatic carbocycles. The molecule has 0 atom stereocenters. The van der Waals surface area contributed by atoms with Gasteiger partial charge in [0.05, 0.1) is 0 Å². The molecule has 1 amide bonds. The molecule has 2 rings (SSSR count). The average Bonchev–Trinajstić information content (AvgIpc) is 2.57. The van der Waals surface area contributed by atoms with E-state index >= 15 is 0 Å². The highest BCUT2D eigenvalue weighted by Gasteiger charge is 2.28. The fraction of sp³-hybridized carbons (Fsp3) is 0.368. The molecule has 0 spiro atoms. The van der Waals surface area contributed by atoms with Crippen LogP contribution in [0.25, 0.3) is 0 Å². The van der Waals surface area contributed by atoms with Crippen LogP contribution in [-0.4, -0.2) is 34.4 Å². The Morgan fingerprint density at radius 2 is 1.89 bits per heavy atom. The molecule has 2 aromatic rings. The molecular weight excluding hydrogens is 375 g/mol. The van der Waals surface area contributed by atoms with E-state index in [2.05, 4.69) is 20.0 Å². The van der Waals surface area contributed by atoms with E-state index in [1.165, 1.54) is 19.2 Å². The molecule has 2 aromatic heterocycles. The number of Topliss-reactive ketones (excluding diaryl/α,β-unsaturated/α-hetero) is 1. The molecular formula is C19H20F3N3O3. The molecule has 150 valence electrons. The van der Waals surface area contributed by atoms with E-state index in [9.17, 15) is 22.8 Å². The zero-order chi connectivity index (χ0) is 20.9. The lowest BCUT2D eigenvalue weighted by molar-refractivity contribution is -0.154. The second-order valence-electron chi connectivity index (χ2n) is 6.40. The largest absolute Gasteiger partial charge is 0.468 e. The van der Waals surface area contributed by atoms with Gasteiger partial charge in [0.1, 0.15) is 5.78 Å². The predicted octanol–water partition coefficient (Wildman–Crippen LogP) is 3.10. The van der Waals surface area contributed by atoms with E-state index in [0.29, 0.717) is 28.1 Å². The van der Waals surface area contributed by atoms with Gasteiger partial charge in [0, 0.05) is 42.2 Å². The number of aryl methyl sites for hydroxylation is 2. The van der Waals surface area contributed by atoms with Crippen LogP contribution in [0, 0.1) is 13.8 Å². The zero-order valence-corrected chi connectivity index (χ0v) is 15.7. The minimum Gasteiger partial charge on any atom is -0.468 e. The van der Waals surface area contributed by atoms with Gasteiger partial charge in [-0.1, -0.05) is 0 Å². The Labute approximate surface area is 160 Å². The van der Waals surface area contributed by atoms with Crippen molar-refractivity contribution in [3.8, 4) is 5.88 Å². The Morgan fingerprint density at radius 3 is 2.50 bits per heavy atom. The first-order valence-corrected chi connectivity index (χ1v) is 8.44. The minimum absolute atomic E-state index is 0.0565. The predicted molar refractivity (Wildman–Crippen MR) is 95.1 cm³/mol. The molecule has 6 nitrogen and oxygen atoms in total. The molecule has 0 bridgehead atoms. The number of hydrogen-bond acceptors (Lipinski definition) is 5. The normalized spacial score (nSPS) is 11.2. The van der Waals surface area contributed by atoms with Crippen molar-refractivity contribution in [2.45, 2.75) is 39.9 Å². The Hall–Kier alpha value is -2.97. The van der Waals surface area contributed by atoms with Gasteiger partial charge in [-0.25, -0.2) is 4.98 Å². The fourth-order valence-corrected chi connectivity index (χ4v) is 2.47. The third kappa shape index (κ3) is 6.64. The first kappa shape index (κ1) is 21.3. The third-order valence-corrected chi connectivity index (χ3v) is 3.72. The summed E-state index contributed by atoms with van der Waals surface area (Å²) >= 11 is 0. The number of nitrogens with zero attached hydrogens (tertiary/aromatic N) is 2. The molecule has 0 unspecified atom stereocenters. The molecule has 0 aliphatic heterocycles. The van der Waals surface area contributed by atoms with Crippen LogP contribution < -0.4 is 10.1 Å². The molecule has 0 radical (unpaired) electrons. The molecule has 0 saturated carbocycles. The summed E-state index contributed by atoms with van der Waals surface area (Å²) < 4.78 is 41.2. The van der Waals surface area contributed by atoms with Crippen LogP contribution in [0.5, 0.6) is 5.88 Å². The first-order valence-electron chi connectivity index (χ1n) is 8.44. The third-order valence-electron chi connectivity index (χ3n) is 3.72. The molecule has 28 heavy (non-hydrogen) atoms. The Kier molecular flexibility index (Phi) is 6.71. The van der Waals surface area contributed by atoms with Crippen molar-refractivity contribution in [2.24, 2.45) is 0 Å². The van der Waals surface area contributed by atoms with E-state index in [0.717, 1.165) is 0 Å². The van der Waals surface area contributed by atoms with Crippen LogP contribution in [0.15, 0.2) is 24.4 Å². The lowest BCUT2D eigenvalue weighted by atomic mass is 10.1. The summed E-state index contributed by atoms with van der Waals surface area (Å²) in [5.74, 6) is -0.547. The Bertz CT molecular complexity index is 882. The molecule has 0 saturated heterocycles. The van der Waals surface area contributed by atoms with Crippen LogP contribution in [0.1, 0.15) is 39.8 Å². The number of pyridine rings is 2. The van der Waals surface area contributed by atoms with Crippen LogP contribution in [0.4, 0.5) is 13.2 Å². The fourth-order valence-electron chi connectivity index (χ4n) is 2.47. The number of alkyl halides is 3. The number of rotatable bonds is 7. The lowest BCUT2D eigenvalue weighted by Gasteiger charge is -2.12. The second kappa shape index (κ2) is 8.81. The summed E-state index contributed by atoms with van der Waals surface area (Å²) in [6.07, 6.45) is -2.93. The topological polar surface area (TPSA) is 81.2 Å². The summed E-state index contributed by atoms with van der Waals surface area (Å²) in [5.41, 5.74) is 2.78. The van der Waals surface area contributed by atoms with Crippen molar-refractivity contribution < 1.29 is 27.5 Å². The molecule has 0 aliphatic carbocycles. The summed E-state index contributed by atoms with van der Waals surface area (Å²) in [4.78, 5) is 31.7. The van der Waals surface area contributed by atoms with Crippen LogP contribution >= 0.6 is 0 Å². The van der Waals surface area contributed by atoms with Gasteiger partial charge in [0.2, 0.25) is 5.88 Å². The molecule has 0 aliphatic rings. The standard InChI is InChI=1S/C19H20F3N3O3/c1-11-4-17(28-10-19(20,21)22)23-8-15(11)9-24-18(27)14-5-12(2)25-16(7-14)6-13(3)26/h4-5,7-8H,6,9-10H2,1-3H3,(H,24,27). The number of halogens is 3. The van der Waals surface area contributed by atoms with Gasteiger partial charge in [-0.2, -0.15) is 13.2 Å². The van der Waals surface area contributed by atoms with Gasteiger partial charge in [0.25, 0.3) is 5.91 Å². The van der Waals surface area contributed by atoms with E-state index in [1.807, 2.05) is 0 Å². The van der Waals surface area contributed by atoms with Gasteiger partial charge in [0.15, 0.2) is 6.61 Å². The SMILES string of the molecule is CC(=O)Cc1cc(C(=O)NCc2cnc(OCC(F)(F)F)cc2C)cc(C)n1. The molecule has 2 heterocycles. The average molecular weight is 395 g/mol. The van der Waals surface area contributed by atoms with Gasteiger partial charge in [-0.05, 0) is 44.0 Å². The summed E-state index contributed by atoms with van der Waals surface area (Å²) in [5, 5.41) is 2.73. The maximum absolute atomic E-state index is 12.4. The van der Waals surface area contributed by atoms with E-state index in [-0.39, 0.29) is 30.5 Å². The maximum Gasteiger partial charge on any atom is 0.422 e. The monoisotopic (exact) mass is 395 g/mol. The quantitative estimate of drug-likeness (QED) is 0.779. The Balaban J connectivity index is 2.02. The number of amides is 1. The highest BCUT2D eigenvalue weighted by atomic mass is 19.4. The van der Waals surface area contributed by atoms with E-state index in [4.69, 9.17) is 0 Å². The van der Waals surface area contributed by atoms with Crippen LogP contribution in [-0.2, 0) is 17.8 Å². The van der Waals surface area contributed by atoms with Crippen molar-refractivity contribution in [2.75, 3.05) is 6.61 Å². The van der Waals surface area contributed by atoms with Crippen molar-refractivity contribution in [3.05, 3.63) is 52.5 Å². The van der Waals surface area contributed by atoms with Crippen LogP contribution in [0.2, 0.25) is 0 Å². The van der Waals surface area contributed by atoms with Gasteiger partial charge >= 0.3 is 6.18 Å². The number of ether oxygens (including phenoxy) is 1. The van der Waals surface area contributed by atoms with Crippen molar-refractivity contribution >= 4 is 11.7 Å². The first-order chi connectivity index (χ1) is 13.0. The van der Waals surface area contributed by atoms with Crippen molar-refractivity contribution in [3.63, 3.8) is 0 Å². The minimum atomic E-state index is -4.44. The number of nitrogens with one attached hydrogen (secondary N) is 1. The van der Waals surface area contributed by atoms with Gasteiger partial charge < -0.3 is 10.1 Å².